The fourth-order valence-corrected chi connectivity index (χ4v) is 4.77. The molecule has 1 aromatic heterocycles. The molecular formula is C33H27FN4O4. The van der Waals surface area contributed by atoms with Crippen LogP contribution in [0.15, 0.2) is 95.7 Å². The number of rotatable bonds is 8. The lowest BCUT2D eigenvalue weighted by Gasteiger charge is -2.27. The molecule has 0 aliphatic carbocycles. The maximum atomic E-state index is 14.7. The Bertz CT molecular complexity index is 1770. The van der Waals surface area contributed by atoms with E-state index in [1.54, 1.807) is 49.2 Å². The van der Waals surface area contributed by atoms with E-state index in [4.69, 9.17) is 14.6 Å². The van der Waals surface area contributed by atoms with Crippen LogP contribution in [0.3, 0.4) is 0 Å². The van der Waals surface area contributed by atoms with E-state index in [0.29, 0.717) is 29.0 Å². The van der Waals surface area contributed by atoms with E-state index in [2.05, 4.69) is 0 Å². The minimum Gasteiger partial charge on any atom is -0.497 e. The molecule has 3 aromatic carbocycles. The predicted molar refractivity (Wildman–Crippen MR) is 155 cm³/mol. The van der Waals surface area contributed by atoms with E-state index in [0.717, 1.165) is 16.2 Å². The zero-order valence-electron chi connectivity index (χ0n) is 23.3. The lowest BCUT2D eigenvalue weighted by molar-refractivity contribution is -0.140. The number of methoxy groups -OCH3 is 2. The molecule has 0 spiro atoms. The topological polar surface area (TPSA) is 97.5 Å². The third-order valence-corrected chi connectivity index (χ3v) is 7.10. The monoisotopic (exact) mass is 562 g/mol. The van der Waals surface area contributed by atoms with Gasteiger partial charge in [0.2, 0.25) is 0 Å². The van der Waals surface area contributed by atoms with Crippen LogP contribution in [0.25, 0.3) is 23.0 Å². The van der Waals surface area contributed by atoms with Gasteiger partial charge < -0.3 is 9.47 Å². The highest BCUT2D eigenvalue weighted by Crippen LogP contribution is 2.32. The molecule has 0 saturated carbocycles. The van der Waals surface area contributed by atoms with Crippen molar-refractivity contribution >= 4 is 17.9 Å². The predicted octanol–water partition coefficient (Wildman–Crippen LogP) is 5.53. The highest BCUT2D eigenvalue weighted by molar-refractivity contribution is 6.19. The third kappa shape index (κ3) is 5.43. The molecule has 0 atom stereocenters. The molecule has 0 radical (unpaired) electrons. The number of imide groups is 1. The van der Waals surface area contributed by atoms with Crippen LogP contribution in [0, 0.1) is 17.1 Å². The Labute approximate surface area is 242 Å². The largest absolute Gasteiger partial charge is 0.497 e. The Morgan fingerprint density at radius 2 is 1.71 bits per heavy atom. The normalized spacial score (nSPS) is 14.4. The van der Waals surface area contributed by atoms with Crippen molar-refractivity contribution < 1.29 is 23.5 Å². The van der Waals surface area contributed by atoms with Crippen molar-refractivity contribution in [3.05, 3.63) is 113 Å². The van der Waals surface area contributed by atoms with Crippen LogP contribution in [0.1, 0.15) is 18.1 Å². The van der Waals surface area contributed by atoms with Crippen molar-refractivity contribution in [1.82, 2.24) is 14.7 Å². The molecule has 42 heavy (non-hydrogen) atoms. The number of nitrogens with zero attached hydrogens (tertiary/aromatic N) is 4. The highest BCUT2D eigenvalue weighted by atomic mass is 19.1. The van der Waals surface area contributed by atoms with Gasteiger partial charge in [0.1, 0.15) is 23.1 Å². The number of nitriles is 1. The summed E-state index contributed by atoms with van der Waals surface area (Å²) in [5.41, 5.74) is 3.39. The average molecular weight is 563 g/mol. The summed E-state index contributed by atoms with van der Waals surface area (Å²) >= 11 is 0. The lowest BCUT2D eigenvalue weighted by Crippen LogP contribution is -2.43. The van der Waals surface area contributed by atoms with Gasteiger partial charge in [0.25, 0.3) is 11.8 Å². The fraction of sp³-hybridized carbons (Fsp3) is 0.152. The Balaban J connectivity index is 1.58. The van der Waals surface area contributed by atoms with Gasteiger partial charge in [-0.05, 0) is 73.0 Å². The minimum atomic E-state index is -0.636. The van der Waals surface area contributed by atoms with E-state index in [1.165, 1.54) is 19.2 Å². The van der Waals surface area contributed by atoms with Crippen molar-refractivity contribution in [2.45, 2.75) is 13.3 Å². The second-order valence-corrected chi connectivity index (χ2v) is 9.59. The lowest BCUT2D eigenvalue weighted by atomic mass is 9.93. The van der Waals surface area contributed by atoms with E-state index < -0.39 is 17.6 Å². The molecule has 2 heterocycles. The van der Waals surface area contributed by atoms with Gasteiger partial charge in [-0.3, -0.25) is 14.5 Å². The van der Waals surface area contributed by atoms with E-state index in [1.807, 2.05) is 48.5 Å². The van der Waals surface area contributed by atoms with Crippen molar-refractivity contribution in [2.75, 3.05) is 20.8 Å². The number of carbonyl (C=O) groups is 2. The summed E-state index contributed by atoms with van der Waals surface area (Å²) in [6.07, 6.45) is 3.73. The summed E-state index contributed by atoms with van der Waals surface area (Å²) in [5, 5.41) is 14.6. The molecule has 1 aliphatic heterocycles. The molecule has 1 aliphatic rings. The molecule has 8 nitrogen and oxygen atoms in total. The molecular weight excluding hydrogens is 535 g/mol. The molecule has 5 rings (SSSR count). The van der Waals surface area contributed by atoms with Gasteiger partial charge in [-0.1, -0.05) is 30.3 Å². The standard InChI is InChI=1S/C33H27FN4O4/c1-21-27(32(39)37(33(40)28(21)19-35)16-15-22-9-12-26(41-2)13-10-22)17-24-20-38(25-7-5-4-6-8-25)36-31(24)23-11-14-30(42-3)29(34)18-23/h4-14,17-18,20H,15-16H2,1-3H3/b27-17+. The second-order valence-electron chi connectivity index (χ2n) is 9.59. The third-order valence-electron chi connectivity index (χ3n) is 7.10. The maximum absolute atomic E-state index is 14.7. The van der Waals surface area contributed by atoms with Gasteiger partial charge in [0, 0.05) is 29.4 Å². The SMILES string of the molecule is COc1ccc(CCN2C(=O)C(C#N)=C(C)/C(=C\c3cn(-c4ccccc4)nc3-c3ccc(OC)c(F)c3)C2=O)cc1. The molecule has 210 valence electrons. The van der Waals surface area contributed by atoms with Crippen LogP contribution < -0.4 is 9.47 Å². The van der Waals surface area contributed by atoms with Crippen LogP contribution in [-0.2, 0) is 16.0 Å². The van der Waals surface area contributed by atoms with E-state index in [-0.39, 0.29) is 29.0 Å². The summed E-state index contributed by atoms with van der Waals surface area (Å²) in [6.45, 7) is 1.66. The van der Waals surface area contributed by atoms with E-state index >= 15 is 0 Å². The highest BCUT2D eigenvalue weighted by Gasteiger charge is 2.35. The Kier molecular flexibility index (Phi) is 7.98. The number of ether oxygens (including phenoxy) is 2. The zero-order valence-corrected chi connectivity index (χ0v) is 23.3. The quantitative estimate of drug-likeness (QED) is 0.207. The molecule has 0 saturated heterocycles. The number of carbonyl (C=O) groups excluding carboxylic acids is 2. The second kappa shape index (κ2) is 11.9. The number of para-hydroxylation sites is 1. The minimum absolute atomic E-state index is 0.0830. The first kappa shape index (κ1) is 28.1. The van der Waals surface area contributed by atoms with Crippen molar-refractivity contribution in [3.63, 3.8) is 0 Å². The molecule has 0 fully saturated rings. The molecule has 9 heteroatoms. The van der Waals surface area contributed by atoms with Gasteiger partial charge in [0.05, 0.1) is 19.9 Å². The fourth-order valence-electron chi connectivity index (χ4n) is 4.77. The number of halogens is 1. The van der Waals surface area contributed by atoms with E-state index in [9.17, 15) is 19.2 Å². The van der Waals surface area contributed by atoms with Crippen LogP contribution in [-0.4, -0.2) is 47.3 Å². The Morgan fingerprint density at radius 1 is 0.976 bits per heavy atom. The molecule has 2 amide bonds. The van der Waals surface area contributed by atoms with Gasteiger partial charge in [-0.15, -0.1) is 0 Å². The summed E-state index contributed by atoms with van der Waals surface area (Å²) in [4.78, 5) is 28.0. The molecule has 0 bridgehead atoms. The first-order chi connectivity index (χ1) is 20.3. The van der Waals surface area contributed by atoms with Gasteiger partial charge >= 0.3 is 0 Å². The summed E-state index contributed by atoms with van der Waals surface area (Å²) < 4.78 is 26.6. The zero-order chi connectivity index (χ0) is 29.8. The Morgan fingerprint density at radius 3 is 2.36 bits per heavy atom. The first-order valence-corrected chi connectivity index (χ1v) is 13.2. The van der Waals surface area contributed by atoms with Crippen molar-refractivity contribution in [3.8, 4) is 34.5 Å². The average Bonchev–Trinajstić information content (AvgIpc) is 3.44. The van der Waals surface area contributed by atoms with Crippen molar-refractivity contribution in [2.24, 2.45) is 0 Å². The first-order valence-electron chi connectivity index (χ1n) is 13.2. The van der Waals surface area contributed by atoms with Crippen LogP contribution in [0.5, 0.6) is 11.5 Å². The molecule has 4 aromatic rings. The molecule has 0 unspecified atom stereocenters. The summed E-state index contributed by atoms with van der Waals surface area (Å²) in [5.74, 6) is -0.933. The number of amides is 2. The smallest absolute Gasteiger partial charge is 0.271 e. The molecule has 0 N–H and O–H groups in total. The maximum Gasteiger partial charge on any atom is 0.271 e. The Hall–Kier alpha value is -5.49. The number of hydrogen-bond acceptors (Lipinski definition) is 6. The number of aromatic nitrogens is 2. The van der Waals surface area contributed by atoms with Crippen LogP contribution in [0.2, 0.25) is 0 Å². The van der Waals surface area contributed by atoms with Crippen LogP contribution in [0.4, 0.5) is 4.39 Å². The van der Waals surface area contributed by atoms with Crippen molar-refractivity contribution in [1.29, 1.82) is 5.26 Å². The van der Waals surface area contributed by atoms with Crippen LogP contribution >= 0.6 is 0 Å². The summed E-state index contributed by atoms with van der Waals surface area (Å²) in [7, 11) is 2.96. The number of hydrogen-bond donors (Lipinski definition) is 0. The van der Waals surface area contributed by atoms with Gasteiger partial charge in [-0.2, -0.15) is 10.4 Å². The number of benzene rings is 3. The summed E-state index contributed by atoms with van der Waals surface area (Å²) in [6, 6.07) is 23.2. The van der Waals surface area contributed by atoms with Gasteiger partial charge in [-0.25, -0.2) is 9.07 Å². The van der Waals surface area contributed by atoms with Gasteiger partial charge in [0.15, 0.2) is 11.6 Å².